The molecule has 7 nitrogen and oxygen atoms in total. The van der Waals surface area contributed by atoms with Gasteiger partial charge in [-0.05, 0) is 54.1 Å². The number of rotatable bonds is 8. The molecule has 1 aliphatic heterocycles. The number of anilines is 2. The fourth-order valence-electron chi connectivity index (χ4n) is 3.43. The van der Waals surface area contributed by atoms with Gasteiger partial charge in [-0.2, -0.15) is 0 Å². The molecule has 2 amide bonds. The van der Waals surface area contributed by atoms with Crippen LogP contribution in [0.5, 0.6) is 17.2 Å². The van der Waals surface area contributed by atoms with Gasteiger partial charge in [-0.15, -0.1) is 0 Å². The lowest BCUT2D eigenvalue weighted by atomic mass is 10.2. The molecule has 3 aromatic rings. The van der Waals surface area contributed by atoms with E-state index in [4.69, 9.17) is 26.4 Å². The van der Waals surface area contributed by atoms with Crippen LogP contribution in [-0.2, 0) is 9.59 Å². The summed E-state index contributed by atoms with van der Waals surface area (Å²) in [6, 6.07) is 19.7. The Morgan fingerprint density at radius 2 is 1.81 bits per heavy atom. The van der Waals surface area contributed by atoms with Gasteiger partial charge in [0.05, 0.1) is 30.5 Å². The van der Waals surface area contributed by atoms with Gasteiger partial charge in [-0.3, -0.25) is 14.5 Å². The Hall–Kier alpha value is -3.34. The van der Waals surface area contributed by atoms with E-state index in [1.807, 2.05) is 30.3 Å². The molecule has 1 saturated heterocycles. The molecule has 1 N–H and O–H groups in total. The number of halogens is 1. The van der Waals surface area contributed by atoms with Crippen LogP contribution in [0.1, 0.15) is 5.56 Å². The molecule has 1 aliphatic rings. The topological polar surface area (TPSA) is 77.1 Å². The van der Waals surface area contributed by atoms with Crippen molar-refractivity contribution in [1.82, 2.24) is 0 Å². The second-order valence-electron chi connectivity index (χ2n) is 7.44. The van der Waals surface area contributed by atoms with Crippen LogP contribution in [0.3, 0.4) is 0 Å². The highest BCUT2D eigenvalue weighted by Gasteiger charge is 2.33. The van der Waals surface area contributed by atoms with E-state index >= 15 is 0 Å². The van der Waals surface area contributed by atoms with Gasteiger partial charge in [0.15, 0.2) is 22.4 Å². The molecular formula is C26H21BrN2O5S2. The Balaban J connectivity index is 1.45. The van der Waals surface area contributed by atoms with Crippen molar-refractivity contribution in [3.63, 3.8) is 0 Å². The standard InChI is InChI=1S/C26H21BrN2O5S2/c1-32-20-9-4-3-8-19(20)28-24(30)15-34-21-11-10-16(12-22(21)33-2)13-23-25(31)29(26(35)36-23)18-7-5-6-17(27)14-18/h3-14H,15H2,1-2H3,(H,28,30). The van der Waals surface area contributed by atoms with Crippen molar-refractivity contribution in [2.24, 2.45) is 0 Å². The number of nitrogens with one attached hydrogen (secondary N) is 1. The van der Waals surface area contributed by atoms with E-state index in [1.165, 1.54) is 30.9 Å². The van der Waals surface area contributed by atoms with E-state index in [2.05, 4.69) is 21.2 Å². The number of thiocarbonyl (C=S) groups is 1. The van der Waals surface area contributed by atoms with Crippen molar-refractivity contribution in [3.8, 4) is 17.2 Å². The molecule has 184 valence electrons. The number of hydrogen-bond donors (Lipinski definition) is 1. The van der Waals surface area contributed by atoms with Crippen LogP contribution in [0.15, 0.2) is 76.1 Å². The number of hydrogen-bond acceptors (Lipinski definition) is 7. The largest absolute Gasteiger partial charge is 0.495 e. The number of thioether (sulfide) groups is 1. The zero-order chi connectivity index (χ0) is 25.7. The van der Waals surface area contributed by atoms with Crippen molar-refractivity contribution in [2.75, 3.05) is 31.0 Å². The van der Waals surface area contributed by atoms with Gasteiger partial charge < -0.3 is 19.5 Å². The molecule has 1 heterocycles. The minimum Gasteiger partial charge on any atom is -0.495 e. The summed E-state index contributed by atoms with van der Waals surface area (Å²) in [6.45, 7) is -0.223. The van der Waals surface area contributed by atoms with E-state index in [0.717, 1.165) is 10.0 Å². The van der Waals surface area contributed by atoms with Gasteiger partial charge >= 0.3 is 0 Å². The average Bonchev–Trinajstić information content (AvgIpc) is 3.15. The first-order valence-corrected chi connectivity index (χ1v) is 12.7. The summed E-state index contributed by atoms with van der Waals surface area (Å²) in [7, 11) is 3.04. The molecule has 10 heteroatoms. The van der Waals surface area contributed by atoms with Crippen molar-refractivity contribution in [3.05, 3.63) is 81.7 Å². The maximum Gasteiger partial charge on any atom is 0.270 e. The SMILES string of the molecule is COc1ccccc1NC(=O)COc1ccc(C=C2SC(=S)N(c3cccc(Br)c3)C2=O)cc1OC. The summed E-state index contributed by atoms with van der Waals surface area (Å²) < 4.78 is 17.7. The highest BCUT2D eigenvalue weighted by molar-refractivity contribution is 9.10. The zero-order valence-corrected chi connectivity index (χ0v) is 22.5. The first kappa shape index (κ1) is 25.7. The van der Waals surface area contributed by atoms with Gasteiger partial charge in [0, 0.05) is 4.47 Å². The van der Waals surface area contributed by atoms with E-state index in [9.17, 15) is 9.59 Å². The fourth-order valence-corrected chi connectivity index (χ4v) is 5.11. The van der Waals surface area contributed by atoms with Gasteiger partial charge in [0.2, 0.25) is 0 Å². The molecule has 0 atom stereocenters. The second kappa shape index (κ2) is 11.6. The van der Waals surface area contributed by atoms with Crippen LogP contribution in [0, 0.1) is 0 Å². The first-order chi connectivity index (χ1) is 17.4. The number of carbonyl (C=O) groups excluding carboxylic acids is 2. The number of nitrogens with zero attached hydrogens (tertiary/aromatic N) is 1. The minimum atomic E-state index is -0.346. The quantitative estimate of drug-likeness (QED) is 0.261. The molecule has 0 saturated carbocycles. The second-order valence-corrected chi connectivity index (χ2v) is 10.0. The summed E-state index contributed by atoms with van der Waals surface area (Å²) in [6.07, 6.45) is 1.75. The third-order valence-electron chi connectivity index (χ3n) is 5.09. The third kappa shape index (κ3) is 5.89. The van der Waals surface area contributed by atoms with Crippen LogP contribution in [0.4, 0.5) is 11.4 Å². The molecule has 1 fully saturated rings. The number of para-hydroxylation sites is 2. The normalized spacial score (nSPS) is 14.2. The molecule has 0 radical (unpaired) electrons. The Morgan fingerprint density at radius 3 is 2.56 bits per heavy atom. The number of carbonyl (C=O) groups is 2. The lowest BCUT2D eigenvalue weighted by molar-refractivity contribution is -0.118. The maximum atomic E-state index is 13.1. The Kier molecular flexibility index (Phi) is 8.29. The van der Waals surface area contributed by atoms with Crippen molar-refractivity contribution in [2.45, 2.75) is 0 Å². The monoisotopic (exact) mass is 584 g/mol. The van der Waals surface area contributed by atoms with E-state index < -0.39 is 0 Å². The number of benzene rings is 3. The molecule has 0 unspecified atom stereocenters. The lowest BCUT2D eigenvalue weighted by Gasteiger charge is -2.14. The van der Waals surface area contributed by atoms with E-state index in [0.29, 0.717) is 37.8 Å². The molecule has 4 rings (SSSR count). The summed E-state index contributed by atoms with van der Waals surface area (Å²) in [4.78, 5) is 27.4. The number of amides is 2. The van der Waals surface area contributed by atoms with E-state index in [-0.39, 0.29) is 18.4 Å². The van der Waals surface area contributed by atoms with Crippen molar-refractivity contribution >= 4 is 73.5 Å². The van der Waals surface area contributed by atoms with Crippen LogP contribution in [0.2, 0.25) is 0 Å². The molecule has 0 bridgehead atoms. The highest BCUT2D eigenvalue weighted by Crippen LogP contribution is 2.38. The van der Waals surface area contributed by atoms with Gasteiger partial charge in [-0.25, -0.2) is 0 Å². The predicted molar refractivity (Wildman–Crippen MR) is 150 cm³/mol. The summed E-state index contributed by atoms with van der Waals surface area (Å²) in [5.74, 6) is 0.832. The summed E-state index contributed by atoms with van der Waals surface area (Å²) in [5, 5.41) is 2.76. The van der Waals surface area contributed by atoms with Crippen LogP contribution in [0.25, 0.3) is 6.08 Å². The first-order valence-electron chi connectivity index (χ1n) is 10.7. The van der Waals surface area contributed by atoms with Crippen LogP contribution in [-0.4, -0.2) is 37.0 Å². The van der Waals surface area contributed by atoms with Gasteiger partial charge in [-0.1, -0.05) is 64.2 Å². The number of ether oxygens (including phenoxy) is 3. The minimum absolute atomic E-state index is 0.199. The third-order valence-corrected chi connectivity index (χ3v) is 6.88. The summed E-state index contributed by atoms with van der Waals surface area (Å²) >= 11 is 10.1. The fraction of sp³-hybridized carbons (Fsp3) is 0.115. The van der Waals surface area contributed by atoms with Crippen LogP contribution >= 0.6 is 39.9 Å². The Labute approximate surface area is 226 Å². The summed E-state index contributed by atoms with van der Waals surface area (Å²) in [5.41, 5.74) is 1.98. The predicted octanol–water partition coefficient (Wildman–Crippen LogP) is 5.89. The molecule has 0 aromatic heterocycles. The van der Waals surface area contributed by atoms with Crippen molar-refractivity contribution in [1.29, 1.82) is 0 Å². The smallest absolute Gasteiger partial charge is 0.270 e. The molecule has 3 aromatic carbocycles. The van der Waals surface area contributed by atoms with Gasteiger partial charge in [0.1, 0.15) is 5.75 Å². The highest BCUT2D eigenvalue weighted by atomic mass is 79.9. The van der Waals surface area contributed by atoms with Crippen LogP contribution < -0.4 is 24.4 Å². The molecule has 0 spiro atoms. The average molecular weight is 586 g/mol. The molecule has 36 heavy (non-hydrogen) atoms. The van der Waals surface area contributed by atoms with Gasteiger partial charge in [0.25, 0.3) is 11.8 Å². The maximum absolute atomic E-state index is 13.1. The number of methoxy groups -OCH3 is 2. The molecular weight excluding hydrogens is 564 g/mol. The van der Waals surface area contributed by atoms with E-state index in [1.54, 1.807) is 42.5 Å². The van der Waals surface area contributed by atoms with Crippen molar-refractivity contribution < 1.29 is 23.8 Å². The molecule has 0 aliphatic carbocycles. The zero-order valence-electron chi connectivity index (χ0n) is 19.3. The Morgan fingerprint density at radius 1 is 1.03 bits per heavy atom. The lowest BCUT2D eigenvalue weighted by Crippen LogP contribution is -2.27. The Bertz CT molecular complexity index is 1360.